The van der Waals surface area contributed by atoms with Gasteiger partial charge in [-0.2, -0.15) is 0 Å². The molecule has 1 aromatic carbocycles. The summed E-state index contributed by atoms with van der Waals surface area (Å²) in [6, 6.07) is 4.06. The van der Waals surface area contributed by atoms with E-state index in [0.717, 1.165) is 22.4 Å². The molecule has 7 heteroatoms. The molecular formula is C19H24N2O4S. The quantitative estimate of drug-likeness (QED) is 0.780. The van der Waals surface area contributed by atoms with Crippen molar-refractivity contribution < 1.29 is 19.4 Å². The van der Waals surface area contributed by atoms with Crippen LogP contribution in [0.5, 0.6) is 0 Å². The topological polar surface area (TPSA) is 79.7 Å². The minimum Gasteiger partial charge on any atom is -0.457 e. The SMILES string of the molecule is CCC(O)C(=O)OCc1csc(N(C(C)=O)c2c(C)cc(C)cc2C)n1. The van der Waals surface area contributed by atoms with Crippen LogP contribution in [0.2, 0.25) is 0 Å². The molecule has 1 heterocycles. The number of amides is 1. The lowest BCUT2D eigenvalue weighted by atomic mass is 10.0. The van der Waals surface area contributed by atoms with Crippen LogP contribution < -0.4 is 4.90 Å². The monoisotopic (exact) mass is 376 g/mol. The van der Waals surface area contributed by atoms with Crippen LogP contribution >= 0.6 is 11.3 Å². The maximum Gasteiger partial charge on any atom is 0.335 e. The van der Waals surface area contributed by atoms with Gasteiger partial charge in [-0.1, -0.05) is 24.6 Å². The average molecular weight is 376 g/mol. The molecule has 0 spiro atoms. The van der Waals surface area contributed by atoms with Gasteiger partial charge in [0.15, 0.2) is 11.2 Å². The van der Waals surface area contributed by atoms with Gasteiger partial charge in [-0.05, 0) is 38.3 Å². The highest BCUT2D eigenvalue weighted by molar-refractivity contribution is 7.14. The summed E-state index contributed by atoms with van der Waals surface area (Å²) >= 11 is 1.31. The first-order valence-corrected chi connectivity index (χ1v) is 9.30. The van der Waals surface area contributed by atoms with Crippen LogP contribution in [0.25, 0.3) is 0 Å². The van der Waals surface area contributed by atoms with Crippen LogP contribution in [0.15, 0.2) is 17.5 Å². The Morgan fingerprint density at radius 1 is 1.27 bits per heavy atom. The van der Waals surface area contributed by atoms with Crippen LogP contribution in [0.1, 0.15) is 42.7 Å². The molecule has 1 aromatic heterocycles. The molecule has 140 valence electrons. The number of aromatic nitrogens is 1. The van der Waals surface area contributed by atoms with Crippen molar-refractivity contribution in [3.05, 3.63) is 39.9 Å². The molecule has 0 aliphatic rings. The number of nitrogens with zero attached hydrogens (tertiary/aromatic N) is 2. The number of aliphatic hydroxyl groups is 1. The zero-order valence-corrected chi connectivity index (χ0v) is 16.5. The zero-order chi connectivity index (χ0) is 19.4. The van der Waals surface area contributed by atoms with Gasteiger partial charge in [0.05, 0.1) is 11.4 Å². The van der Waals surface area contributed by atoms with Crippen molar-refractivity contribution in [1.82, 2.24) is 4.98 Å². The van der Waals surface area contributed by atoms with E-state index in [1.165, 1.54) is 18.3 Å². The number of benzene rings is 1. The number of esters is 1. The van der Waals surface area contributed by atoms with E-state index in [0.29, 0.717) is 17.2 Å². The molecule has 1 atom stereocenters. The summed E-state index contributed by atoms with van der Waals surface area (Å²) in [6.07, 6.45) is -0.828. The summed E-state index contributed by atoms with van der Waals surface area (Å²) in [5.74, 6) is -0.810. The van der Waals surface area contributed by atoms with E-state index in [1.54, 1.807) is 17.2 Å². The highest BCUT2D eigenvalue weighted by atomic mass is 32.1. The Morgan fingerprint density at radius 2 is 1.88 bits per heavy atom. The first-order chi connectivity index (χ1) is 12.2. The lowest BCUT2D eigenvalue weighted by molar-refractivity contribution is -0.155. The third-order valence-electron chi connectivity index (χ3n) is 3.93. The summed E-state index contributed by atoms with van der Waals surface area (Å²) in [6.45, 7) is 9.11. The number of thiazole rings is 1. The van der Waals surface area contributed by atoms with Gasteiger partial charge in [-0.3, -0.25) is 9.69 Å². The third kappa shape index (κ3) is 4.47. The smallest absolute Gasteiger partial charge is 0.335 e. The van der Waals surface area contributed by atoms with Gasteiger partial charge in [0.2, 0.25) is 5.91 Å². The lowest BCUT2D eigenvalue weighted by Crippen LogP contribution is -2.24. The maximum atomic E-state index is 12.3. The fourth-order valence-corrected chi connectivity index (χ4v) is 3.64. The van der Waals surface area contributed by atoms with Gasteiger partial charge in [-0.15, -0.1) is 11.3 Å². The van der Waals surface area contributed by atoms with Gasteiger partial charge in [0, 0.05) is 12.3 Å². The Labute approximate surface area is 157 Å². The molecule has 0 aliphatic carbocycles. The Hall–Kier alpha value is -2.25. The lowest BCUT2D eigenvalue weighted by Gasteiger charge is -2.23. The molecule has 0 fully saturated rings. The largest absolute Gasteiger partial charge is 0.457 e. The zero-order valence-electron chi connectivity index (χ0n) is 15.7. The van der Waals surface area contributed by atoms with Gasteiger partial charge in [-0.25, -0.2) is 9.78 Å². The number of rotatable bonds is 6. The Bertz CT molecular complexity index is 793. The van der Waals surface area contributed by atoms with Gasteiger partial charge in [0.1, 0.15) is 6.61 Å². The molecule has 1 unspecified atom stereocenters. The second-order valence-electron chi connectivity index (χ2n) is 6.25. The normalized spacial score (nSPS) is 11.9. The minimum absolute atomic E-state index is 0.0377. The van der Waals surface area contributed by atoms with E-state index in [4.69, 9.17) is 4.74 Å². The molecule has 2 aromatic rings. The minimum atomic E-state index is -1.13. The van der Waals surface area contributed by atoms with Crippen molar-refractivity contribution in [2.75, 3.05) is 4.90 Å². The number of hydrogen-bond acceptors (Lipinski definition) is 6. The van der Waals surface area contributed by atoms with Crippen molar-refractivity contribution in [3.63, 3.8) is 0 Å². The number of carbonyl (C=O) groups is 2. The molecule has 0 saturated carbocycles. The average Bonchev–Trinajstić information content (AvgIpc) is 3.02. The number of aryl methyl sites for hydroxylation is 3. The molecule has 1 N–H and O–H groups in total. The van der Waals surface area contributed by atoms with Gasteiger partial charge >= 0.3 is 5.97 Å². The van der Waals surface area contributed by atoms with Crippen molar-refractivity contribution >= 4 is 34.0 Å². The number of anilines is 2. The third-order valence-corrected chi connectivity index (χ3v) is 4.80. The Kier molecular flexibility index (Phi) is 6.50. The molecule has 0 bridgehead atoms. The van der Waals surface area contributed by atoms with Crippen molar-refractivity contribution in [2.45, 2.75) is 53.8 Å². The number of carbonyl (C=O) groups excluding carboxylic acids is 2. The Morgan fingerprint density at radius 3 is 2.42 bits per heavy atom. The predicted molar refractivity (Wildman–Crippen MR) is 102 cm³/mol. The molecular weight excluding hydrogens is 352 g/mol. The highest BCUT2D eigenvalue weighted by Crippen LogP contribution is 2.34. The summed E-state index contributed by atoms with van der Waals surface area (Å²) in [5.41, 5.74) is 4.48. The van der Waals surface area contributed by atoms with Crippen LogP contribution in [0.4, 0.5) is 10.8 Å². The van der Waals surface area contributed by atoms with Crippen LogP contribution in [-0.4, -0.2) is 28.1 Å². The highest BCUT2D eigenvalue weighted by Gasteiger charge is 2.22. The van der Waals surface area contributed by atoms with E-state index < -0.39 is 12.1 Å². The summed E-state index contributed by atoms with van der Waals surface area (Å²) in [5, 5.41) is 11.7. The van der Waals surface area contributed by atoms with Gasteiger partial charge < -0.3 is 9.84 Å². The maximum absolute atomic E-state index is 12.3. The second-order valence-corrected chi connectivity index (χ2v) is 7.09. The van der Waals surface area contributed by atoms with Crippen molar-refractivity contribution in [2.24, 2.45) is 0 Å². The summed E-state index contributed by atoms with van der Waals surface area (Å²) in [4.78, 5) is 29.9. The Balaban J connectivity index is 2.27. The van der Waals surface area contributed by atoms with E-state index in [1.807, 2.05) is 32.9 Å². The van der Waals surface area contributed by atoms with Crippen molar-refractivity contribution in [1.29, 1.82) is 0 Å². The fourth-order valence-electron chi connectivity index (χ4n) is 2.79. The van der Waals surface area contributed by atoms with E-state index in [-0.39, 0.29) is 12.5 Å². The van der Waals surface area contributed by atoms with Crippen LogP contribution in [0, 0.1) is 20.8 Å². The first-order valence-electron chi connectivity index (χ1n) is 8.42. The number of aliphatic hydroxyl groups excluding tert-OH is 1. The van der Waals surface area contributed by atoms with E-state index in [9.17, 15) is 14.7 Å². The van der Waals surface area contributed by atoms with E-state index in [2.05, 4.69) is 4.98 Å². The summed E-state index contributed by atoms with van der Waals surface area (Å²) < 4.78 is 5.05. The number of hydrogen-bond donors (Lipinski definition) is 1. The standard InChI is InChI=1S/C19H24N2O4S/c1-6-16(23)18(24)25-9-15-10-26-19(20-15)21(14(5)22)17-12(3)7-11(2)8-13(17)4/h7-8,10,16,23H,6,9H2,1-5H3. The second kappa shape index (κ2) is 8.42. The summed E-state index contributed by atoms with van der Waals surface area (Å²) in [7, 11) is 0. The molecule has 26 heavy (non-hydrogen) atoms. The van der Waals surface area contributed by atoms with Crippen LogP contribution in [-0.2, 0) is 20.9 Å². The van der Waals surface area contributed by atoms with E-state index >= 15 is 0 Å². The van der Waals surface area contributed by atoms with Crippen LogP contribution in [0.3, 0.4) is 0 Å². The molecule has 0 aliphatic heterocycles. The first kappa shape index (κ1) is 20.1. The predicted octanol–water partition coefficient (Wildman–Crippen LogP) is 3.57. The number of ether oxygens (including phenoxy) is 1. The van der Waals surface area contributed by atoms with Gasteiger partial charge in [0.25, 0.3) is 0 Å². The molecule has 1 amide bonds. The van der Waals surface area contributed by atoms with Crippen molar-refractivity contribution in [3.8, 4) is 0 Å². The molecule has 6 nitrogen and oxygen atoms in total. The molecule has 2 rings (SSSR count). The molecule has 0 radical (unpaired) electrons. The molecule has 0 saturated heterocycles. The fraction of sp³-hybridized carbons (Fsp3) is 0.421.